The molecule has 8 heteroatoms. The molecule has 3 aromatic heterocycles. The topological polar surface area (TPSA) is 80.1 Å². The van der Waals surface area contributed by atoms with Gasteiger partial charge in [0.1, 0.15) is 0 Å². The van der Waals surface area contributed by atoms with Crippen LogP contribution in [0.3, 0.4) is 0 Å². The van der Waals surface area contributed by atoms with Gasteiger partial charge in [0.2, 0.25) is 11.9 Å². The Balaban J connectivity index is 1.24. The van der Waals surface area contributed by atoms with Gasteiger partial charge in [-0.15, -0.1) is 11.3 Å². The van der Waals surface area contributed by atoms with E-state index in [4.69, 9.17) is 4.98 Å². The Bertz CT molecular complexity index is 1500. The first kappa shape index (κ1) is 22.7. The minimum absolute atomic E-state index is 0.00698. The van der Waals surface area contributed by atoms with E-state index in [1.165, 1.54) is 17.4 Å². The first-order valence-electron chi connectivity index (χ1n) is 12.2. The van der Waals surface area contributed by atoms with Crippen LogP contribution in [-0.2, 0) is 4.79 Å². The molecule has 1 aromatic carbocycles. The molecule has 1 N–H and O–H groups in total. The van der Waals surface area contributed by atoms with Gasteiger partial charge in [0.25, 0.3) is 5.91 Å². The minimum Gasteiger partial charge on any atom is -0.339 e. The number of carbonyl (C=O) groups excluding carboxylic acids is 2. The van der Waals surface area contributed by atoms with Crippen LogP contribution in [0.5, 0.6) is 0 Å². The second-order valence-electron chi connectivity index (χ2n) is 9.91. The summed E-state index contributed by atoms with van der Waals surface area (Å²) in [7, 11) is 0. The molecule has 0 radical (unpaired) electrons. The fourth-order valence-corrected chi connectivity index (χ4v) is 6.51. The third-order valence-electron chi connectivity index (χ3n) is 7.45. The smallest absolute Gasteiger partial charge is 0.268 e. The molecule has 1 spiro atoms. The van der Waals surface area contributed by atoms with E-state index in [2.05, 4.69) is 27.5 Å². The van der Waals surface area contributed by atoms with Crippen LogP contribution in [0.2, 0.25) is 0 Å². The normalized spacial score (nSPS) is 21.0. The van der Waals surface area contributed by atoms with E-state index in [9.17, 15) is 9.59 Å². The standard InChI is InChI=1S/C28H27N5O2S/c1-3-25(34)32-13-11-28(17-32)15-19(16-28)33-22-7-5-4-6-20(22)30-27(33)31-26(35)24-9-8-23(36-24)21-14-18(2)10-12-29-21/h3-10,12,14,19H,1,11,13,15-17H2,2H3,(H,30,31,35). The predicted molar refractivity (Wildman–Crippen MR) is 142 cm³/mol. The number of likely N-dealkylation sites (tertiary alicyclic amines) is 1. The summed E-state index contributed by atoms with van der Waals surface area (Å²) in [6.07, 6.45) is 6.10. The van der Waals surface area contributed by atoms with E-state index in [1.807, 2.05) is 54.3 Å². The van der Waals surface area contributed by atoms with E-state index < -0.39 is 0 Å². The molecule has 4 aromatic rings. The van der Waals surface area contributed by atoms with E-state index in [0.29, 0.717) is 10.8 Å². The molecule has 2 amide bonds. The van der Waals surface area contributed by atoms with Gasteiger partial charge in [0.05, 0.1) is 26.5 Å². The Hall–Kier alpha value is -3.78. The van der Waals surface area contributed by atoms with Crippen LogP contribution in [0.25, 0.3) is 21.6 Å². The fraction of sp³-hybridized carbons (Fsp3) is 0.286. The highest BCUT2D eigenvalue weighted by Gasteiger charge is 2.50. The van der Waals surface area contributed by atoms with Gasteiger partial charge in [-0.2, -0.15) is 0 Å². The molecule has 182 valence electrons. The minimum atomic E-state index is -0.173. The second-order valence-corrected chi connectivity index (χ2v) is 11.0. The number of amides is 2. The van der Waals surface area contributed by atoms with Gasteiger partial charge in [-0.1, -0.05) is 18.7 Å². The number of fused-ring (bicyclic) bond motifs is 1. The maximum atomic E-state index is 13.3. The maximum absolute atomic E-state index is 13.3. The second kappa shape index (κ2) is 8.71. The summed E-state index contributed by atoms with van der Waals surface area (Å²) in [5.41, 5.74) is 4.01. The monoisotopic (exact) mass is 497 g/mol. The van der Waals surface area contributed by atoms with Gasteiger partial charge in [-0.25, -0.2) is 4.98 Å². The van der Waals surface area contributed by atoms with Gasteiger partial charge in [0, 0.05) is 25.3 Å². The number of pyridine rings is 1. The number of rotatable bonds is 5. The van der Waals surface area contributed by atoms with E-state index >= 15 is 0 Å². The molecule has 1 aliphatic heterocycles. The summed E-state index contributed by atoms with van der Waals surface area (Å²) in [5, 5.41) is 3.08. The van der Waals surface area contributed by atoms with Crippen LogP contribution in [0.15, 0.2) is 67.4 Å². The lowest BCUT2D eigenvalue weighted by Crippen LogP contribution is -2.42. The molecule has 0 unspecified atom stereocenters. The van der Waals surface area contributed by atoms with Crippen molar-refractivity contribution in [3.8, 4) is 10.6 Å². The zero-order chi connectivity index (χ0) is 24.9. The van der Waals surface area contributed by atoms with E-state index in [1.54, 1.807) is 6.20 Å². The number of aryl methyl sites for hydroxylation is 1. The van der Waals surface area contributed by atoms with Crippen LogP contribution in [0, 0.1) is 12.3 Å². The Morgan fingerprint density at radius 1 is 1.19 bits per heavy atom. The Morgan fingerprint density at radius 2 is 2.03 bits per heavy atom. The Labute approximate surface area is 213 Å². The zero-order valence-corrected chi connectivity index (χ0v) is 20.9. The number of benzene rings is 1. The van der Waals surface area contributed by atoms with Gasteiger partial charge in [-0.3, -0.25) is 19.9 Å². The third kappa shape index (κ3) is 3.91. The molecule has 1 saturated carbocycles. The highest BCUT2D eigenvalue weighted by molar-refractivity contribution is 7.17. The summed E-state index contributed by atoms with van der Waals surface area (Å²) in [5.74, 6) is 0.405. The molecule has 1 aliphatic carbocycles. The number of hydrogen-bond acceptors (Lipinski definition) is 5. The quantitative estimate of drug-likeness (QED) is 0.371. The summed E-state index contributed by atoms with van der Waals surface area (Å²) < 4.78 is 2.17. The number of aromatic nitrogens is 3. The third-order valence-corrected chi connectivity index (χ3v) is 8.55. The molecule has 1 saturated heterocycles. The van der Waals surface area contributed by atoms with E-state index in [0.717, 1.165) is 59.5 Å². The summed E-state index contributed by atoms with van der Waals surface area (Å²) in [4.78, 5) is 38.0. The number of anilines is 1. The largest absolute Gasteiger partial charge is 0.339 e. The van der Waals surface area contributed by atoms with Crippen molar-refractivity contribution in [2.75, 3.05) is 18.4 Å². The first-order chi connectivity index (χ1) is 17.4. The molecule has 6 rings (SSSR count). The van der Waals surface area contributed by atoms with Crippen LogP contribution in [0.4, 0.5) is 5.95 Å². The lowest BCUT2D eigenvalue weighted by atomic mass is 9.65. The average molecular weight is 498 g/mol. The lowest BCUT2D eigenvalue weighted by molar-refractivity contribution is -0.125. The molecule has 7 nitrogen and oxygen atoms in total. The highest BCUT2D eigenvalue weighted by Crippen LogP contribution is 2.55. The average Bonchev–Trinajstić information content (AvgIpc) is 3.59. The molecule has 0 atom stereocenters. The van der Waals surface area contributed by atoms with E-state index in [-0.39, 0.29) is 23.3 Å². The molecule has 0 bridgehead atoms. The van der Waals surface area contributed by atoms with Gasteiger partial charge >= 0.3 is 0 Å². The van der Waals surface area contributed by atoms with Crippen molar-refractivity contribution in [1.29, 1.82) is 0 Å². The molecular formula is C28H27N5O2S. The van der Waals surface area contributed by atoms with Crippen LogP contribution >= 0.6 is 11.3 Å². The van der Waals surface area contributed by atoms with Gasteiger partial charge < -0.3 is 9.47 Å². The summed E-state index contributed by atoms with van der Waals surface area (Å²) in [6.45, 7) is 7.21. The fourth-order valence-electron chi connectivity index (χ4n) is 5.64. The molecule has 2 aliphatic rings. The molecule has 2 fully saturated rings. The SMILES string of the molecule is C=CC(=O)N1CCC2(CC(n3c(NC(=O)c4ccc(-c5cc(C)ccn5)s4)nc4ccccc43)C2)C1. The van der Waals surface area contributed by atoms with Crippen LogP contribution < -0.4 is 5.32 Å². The number of para-hydroxylation sites is 2. The maximum Gasteiger partial charge on any atom is 0.268 e. The number of nitrogens with zero attached hydrogens (tertiary/aromatic N) is 4. The first-order valence-corrected chi connectivity index (χ1v) is 13.0. The number of imidazole rings is 1. The Kier molecular flexibility index (Phi) is 5.48. The van der Waals surface area contributed by atoms with Crippen molar-refractivity contribution >= 4 is 40.1 Å². The zero-order valence-electron chi connectivity index (χ0n) is 20.1. The predicted octanol–water partition coefficient (Wildman–Crippen LogP) is 5.46. The number of hydrogen-bond donors (Lipinski definition) is 1. The van der Waals surface area contributed by atoms with Crippen molar-refractivity contribution in [2.24, 2.45) is 5.41 Å². The molecular weight excluding hydrogens is 470 g/mol. The summed E-state index contributed by atoms with van der Waals surface area (Å²) >= 11 is 1.43. The Morgan fingerprint density at radius 3 is 2.83 bits per heavy atom. The van der Waals surface area contributed by atoms with Crippen LogP contribution in [-0.4, -0.2) is 44.3 Å². The number of nitrogens with one attached hydrogen (secondary N) is 1. The summed E-state index contributed by atoms with van der Waals surface area (Å²) in [6, 6.07) is 16.0. The number of carbonyl (C=O) groups is 2. The van der Waals surface area contributed by atoms with Crippen molar-refractivity contribution in [2.45, 2.75) is 32.2 Å². The van der Waals surface area contributed by atoms with Crippen molar-refractivity contribution in [1.82, 2.24) is 19.4 Å². The van der Waals surface area contributed by atoms with Gasteiger partial charge in [-0.05, 0) is 79.6 Å². The van der Waals surface area contributed by atoms with Crippen LogP contribution in [0.1, 0.15) is 40.5 Å². The van der Waals surface area contributed by atoms with Gasteiger partial charge in [0.15, 0.2) is 0 Å². The highest BCUT2D eigenvalue weighted by atomic mass is 32.1. The number of thiophene rings is 1. The molecule has 36 heavy (non-hydrogen) atoms. The molecule has 4 heterocycles. The lowest BCUT2D eigenvalue weighted by Gasteiger charge is -2.46. The van der Waals surface area contributed by atoms with Crippen molar-refractivity contribution in [3.63, 3.8) is 0 Å². The van der Waals surface area contributed by atoms with Crippen molar-refractivity contribution in [3.05, 3.63) is 77.8 Å². The van der Waals surface area contributed by atoms with Crippen molar-refractivity contribution < 1.29 is 9.59 Å².